The van der Waals surface area contributed by atoms with Gasteiger partial charge in [0.2, 0.25) is 0 Å². The van der Waals surface area contributed by atoms with E-state index in [0.717, 1.165) is 62.8 Å². The standard InChI is InChI=1S/C22H34N4O2/c1-22(2,27)9-12-26-13-10-23-21(26)19-7-4-5-8-20(19)28-18-6-11-25-16-14-24(3)15-17-25/h4-5,7-8,10,13,27H,6,9,11-12,14-18H2,1-3H3. The topological polar surface area (TPSA) is 53.8 Å². The lowest BCUT2D eigenvalue weighted by atomic mass is 10.1. The summed E-state index contributed by atoms with van der Waals surface area (Å²) < 4.78 is 8.22. The minimum absolute atomic E-state index is 0.671. The van der Waals surface area contributed by atoms with Crippen molar-refractivity contribution >= 4 is 0 Å². The van der Waals surface area contributed by atoms with Gasteiger partial charge in [-0.05, 0) is 45.9 Å². The number of aliphatic hydroxyl groups is 1. The highest BCUT2D eigenvalue weighted by molar-refractivity contribution is 5.64. The minimum Gasteiger partial charge on any atom is -0.493 e. The highest BCUT2D eigenvalue weighted by Crippen LogP contribution is 2.29. The molecule has 0 radical (unpaired) electrons. The van der Waals surface area contributed by atoms with Gasteiger partial charge in [-0.1, -0.05) is 12.1 Å². The Kier molecular flexibility index (Phi) is 7.10. The van der Waals surface area contributed by atoms with E-state index in [1.807, 2.05) is 44.4 Å². The first-order chi connectivity index (χ1) is 13.4. The number of aromatic nitrogens is 2. The van der Waals surface area contributed by atoms with Crippen LogP contribution >= 0.6 is 0 Å². The maximum atomic E-state index is 10.0. The summed E-state index contributed by atoms with van der Waals surface area (Å²) in [6.07, 6.45) is 5.46. The largest absolute Gasteiger partial charge is 0.493 e. The Balaban J connectivity index is 1.57. The van der Waals surface area contributed by atoms with Gasteiger partial charge in [-0.15, -0.1) is 0 Å². The Morgan fingerprint density at radius 3 is 2.61 bits per heavy atom. The van der Waals surface area contributed by atoms with Crippen molar-refractivity contribution in [3.05, 3.63) is 36.7 Å². The Hall–Kier alpha value is -1.89. The molecular weight excluding hydrogens is 352 g/mol. The van der Waals surface area contributed by atoms with Gasteiger partial charge in [-0.3, -0.25) is 0 Å². The lowest BCUT2D eigenvalue weighted by Crippen LogP contribution is -2.44. The molecule has 6 heteroatoms. The van der Waals surface area contributed by atoms with Gasteiger partial charge >= 0.3 is 0 Å². The van der Waals surface area contributed by atoms with Gasteiger partial charge in [0.1, 0.15) is 11.6 Å². The van der Waals surface area contributed by atoms with Crippen LogP contribution in [0.1, 0.15) is 26.7 Å². The molecule has 0 atom stereocenters. The number of rotatable bonds is 9. The van der Waals surface area contributed by atoms with Crippen molar-refractivity contribution in [1.29, 1.82) is 0 Å². The average Bonchev–Trinajstić information content (AvgIpc) is 3.13. The zero-order valence-electron chi connectivity index (χ0n) is 17.5. The van der Waals surface area contributed by atoms with Crippen molar-refractivity contribution in [3.63, 3.8) is 0 Å². The maximum absolute atomic E-state index is 10.0. The second-order valence-corrected chi connectivity index (χ2v) is 8.35. The number of aryl methyl sites for hydroxylation is 1. The molecule has 154 valence electrons. The van der Waals surface area contributed by atoms with E-state index >= 15 is 0 Å². The summed E-state index contributed by atoms with van der Waals surface area (Å²) in [6, 6.07) is 8.09. The predicted molar refractivity (Wildman–Crippen MR) is 113 cm³/mol. The number of ether oxygens (including phenoxy) is 1. The second-order valence-electron chi connectivity index (χ2n) is 8.35. The molecule has 1 saturated heterocycles. The monoisotopic (exact) mass is 386 g/mol. The lowest BCUT2D eigenvalue weighted by molar-refractivity contribution is 0.0663. The summed E-state index contributed by atoms with van der Waals surface area (Å²) in [7, 11) is 2.18. The summed E-state index contributed by atoms with van der Waals surface area (Å²) in [5.74, 6) is 1.76. The third-order valence-electron chi connectivity index (χ3n) is 5.28. The number of benzene rings is 1. The number of para-hydroxylation sites is 1. The van der Waals surface area contributed by atoms with Crippen LogP contribution in [0.3, 0.4) is 0 Å². The van der Waals surface area contributed by atoms with E-state index in [-0.39, 0.29) is 0 Å². The molecule has 28 heavy (non-hydrogen) atoms. The van der Waals surface area contributed by atoms with Crippen molar-refractivity contribution in [2.45, 2.75) is 38.8 Å². The van der Waals surface area contributed by atoms with Crippen LogP contribution in [0.15, 0.2) is 36.7 Å². The molecule has 2 aromatic rings. The van der Waals surface area contributed by atoms with Crippen LogP contribution in [-0.2, 0) is 6.54 Å². The lowest BCUT2D eigenvalue weighted by Gasteiger charge is -2.32. The fourth-order valence-corrected chi connectivity index (χ4v) is 3.45. The summed E-state index contributed by atoms with van der Waals surface area (Å²) in [5.41, 5.74) is 0.309. The molecule has 1 N–H and O–H groups in total. The molecule has 0 amide bonds. The molecule has 0 saturated carbocycles. The zero-order chi connectivity index (χ0) is 20.0. The molecule has 1 aliphatic heterocycles. The van der Waals surface area contributed by atoms with Crippen molar-refractivity contribution in [3.8, 4) is 17.1 Å². The van der Waals surface area contributed by atoms with Crippen LogP contribution in [0.2, 0.25) is 0 Å². The van der Waals surface area contributed by atoms with Crippen molar-refractivity contribution in [2.75, 3.05) is 46.4 Å². The molecule has 2 heterocycles. The second kappa shape index (κ2) is 9.54. The smallest absolute Gasteiger partial charge is 0.143 e. The number of hydrogen-bond acceptors (Lipinski definition) is 5. The summed E-state index contributed by atoms with van der Waals surface area (Å²) in [5, 5.41) is 10.0. The van der Waals surface area contributed by atoms with Crippen LogP contribution in [0.4, 0.5) is 0 Å². The summed E-state index contributed by atoms with van der Waals surface area (Å²) in [6.45, 7) is 10.8. The molecule has 6 nitrogen and oxygen atoms in total. The van der Waals surface area contributed by atoms with Crippen LogP contribution in [0, 0.1) is 0 Å². The normalized spacial score (nSPS) is 16.4. The zero-order valence-corrected chi connectivity index (χ0v) is 17.5. The fourth-order valence-electron chi connectivity index (χ4n) is 3.45. The molecule has 1 aromatic heterocycles. The molecule has 1 aliphatic rings. The predicted octanol–water partition coefficient (Wildman–Crippen LogP) is 2.73. The number of likely N-dealkylation sites (N-methyl/N-ethyl adjacent to an activating group) is 1. The Labute approximate surface area is 168 Å². The van der Waals surface area contributed by atoms with Gasteiger partial charge in [0.05, 0.1) is 17.8 Å². The van der Waals surface area contributed by atoms with Crippen LogP contribution in [0.25, 0.3) is 11.4 Å². The molecule has 1 aromatic carbocycles. The van der Waals surface area contributed by atoms with E-state index in [0.29, 0.717) is 13.0 Å². The van der Waals surface area contributed by atoms with Crippen LogP contribution in [-0.4, -0.2) is 76.4 Å². The summed E-state index contributed by atoms with van der Waals surface area (Å²) in [4.78, 5) is 9.44. The van der Waals surface area contributed by atoms with Gasteiger partial charge in [-0.2, -0.15) is 0 Å². The average molecular weight is 387 g/mol. The van der Waals surface area contributed by atoms with Crippen molar-refractivity contribution in [1.82, 2.24) is 19.4 Å². The number of nitrogens with zero attached hydrogens (tertiary/aromatic N) is 4. The van der Waals surface area contributed by atoms with E-state index in [4.69, 9.17) is 4.74 Å². The van der Waals surface area contributed by atoms with Crippen LogP contribution < -0.4 is 4.74 Å². The first kappa shape index (κ1) is 20.8. The molecule has 0 spiro atoms. The molecule has 1 fully saturated rings. The molecule has 0 aliphatic carbocycles. The van der Waals surface area contributed by atoms with E-state index in [1.54, 1.807) is 0 Å². The third-order valence-corrected chi connectivity index (χ3v) is 5.28. The number of imidazole rings is 1. The van der Waals surface area contributed by atoms with Gasteiger partial charge in [-0.25, -0.2) is 4.98 Å². The molecule has 0 unspecified atom stereocenters. The van der Waals surface area contributed by atoms with Gasteiger partial charge in [0.25, 0.3) is 0 Å². The summed E-state index contributed by atoms with van der Waals surface area (Å²) >= 11 is 0. The fraction of sp³-hybridized carbons (Fsp3) is 0.591. The Bertz CT molecular complexity index is 730. The molecule has 3 rings (SSSR count). The molecular formula is C22H34N4O2. The quantitative estimate of drug-likeness (QED) is 0.672. The minimum atomic E-state index is -0.694. The Morgan fingerprint density at radius 2 is 1.86 bits per heavy atom. The number of piperazine rings is 1. The van der Waals surface area contributed by atoms with E-state index in [2.05, 4.69) is 32.5 Å². The maximum Gasteiger partial charge on any atom is 0.143 e. The highest BCUT2D eigenvalue weighted by atomic mass is 16.5. The van der Waals surface area contributed by atoms with Gasteiger partial charge in [0, 0.05) is 51.7 Å². The van der Waals surface area contributed by atoms with E-state index in [1.165, 1.54) is 0 Å². The van der Waals surface area contributed by atoms with E-state index in [9.17, 15) is 5.11 Å². The van der Waals surface area contributed by atoms with Gasteiger partial charge < -0.3 is 24.2 Å². The molecule has 0 bridgehead atoms. The Morgan fingerprint density at radius 1 is 1.11 bits per heavy atom. The van der Waals surface area contributed by atoms with Crippen molar-refractivity contribution in [2.24, 2.45) is 0 Å². The first-order valence-corrected chi connectivity index (χ1v) is 10.3. The van der Waals surface area contributed by atoms with Gasteiger partial charge in [0.15, 0.2) is 0 Å². The van der Waals surface area contributed by atoms with Crippen molar-refractivity contribution < 1.29 is 9.84 Å². The number of hydrogen-bond donors (Lipinski definition) is 1. The first-order valence-electron chi connectivity index (χ1n) is 10.3. The van der Waals surface area contributed by atoms with E-state index < -0.39 is 5.60 Å². The van der Waals surface area contributed by atoms with Crippen LogP contribution in [0.5, 0.6) is 5.75 Å². The highest BCUT2D eigenvalue weighted by Gasteiger charge is 2.16. The SMILES string of the molecule is CN1CCN(CCCOc2ccccc2-c2nccn2CCC(C)(C)O)CC1. The third kappa shape index (κ3) is 6.06.